The number of ether oxygens (including phenoxy) is 1. The van der Waals surface area contributed by atoms with Gasteiger partial charge in [0.15, 0.2) is 0 Å². The first-order valence-corrected chi connectivity index (χ1v) is 8.28. The first kappa shape index (κ1) is 17.1. The summed E-state index contributed by atoms with van der Waals surface area (Å²) in [7, 11) is -3.53. The Morgan fingerprint density at radius 2 is 2.05 bits per heavy atom. The molecule has 114 valence electrons. The van der Waals surface area contributed by atoms with Crippen LogP contribution in [0, 0.1) is 6.92 Å². The molecule has 1 aromatic carbocycles. The Labute approximate surface area is 121 Å². The van der Waals surface area contributed by atoms with Crippen LogP contribution in [0.3, 0.4) is 0 Å². The van der Waals surface area contributed by atoms with Gasteiger partial charge >= 0.3 is 0 Å². The van der Waals surface area contributed by atoms with Gasteiger partial charge in [0.1, 0.15) is 0 Å². The highest BCUT2D eigenvalue weighted by atomic mass is 32.2. The van der Waals surface area contributed by atoms with Crippen molar-refractivity contribution in [1.29, 1.82) is 0 Å². The van der Waals surface area contributed by atoms with Gasteiger partial charge in [-0.2, -0.15) is 0 Å². The number of benzene rings is 1. The first-order valence-electron chi connectivity index (χ1n) is 6.79. The molecule has 5 nitrogen and oxygen atoms in total. The predicted molar refractivity (Wildman–Crippen MR) is 78.0 cm³/mol. The van der Waals surface area contributed by atoms with E-state index < -0.39 is 10.0 Å². The molecule has 6 heteroatoms. The molecule has 0 saturated heterocycles. The topological polar surface area (TPSA) is 75.6 Å². The van der Waals surface area contributed by atoms with E-state index in [-0.39, 0.29) is 11.5 Å². The van der Waals surface area contributed by atoms with Gasteiger partial charge < -0.3 is 9.84 Å². The summed E-state index contributed by atoms with van der Waals surface area (Å²) in [6.45, 7) is 5.15. The summed E-state index contributed by atoms with van der Waals surface area (Å²) in [4.78, 5) is 0.221. The van der Waals surface area contributed by atoms with Crippen LogP contribution in [0.5, 0.6) is 0 Å². The van der Waals surface area contributed by atoms with Gasteiger partial charge in [0.05, 0.1) is 11.5 Å². The van der Waals surface area contributed by atoms with E-state index >= 15 is 0 Å². The van der Waals surface area contributed by atoms with Crippen LogP contribution in [0.25, 0.3) is 0 Å². The van der Waals surface area contributed by atoms with Crippen molar-refractivity contribution in [3.8, 4) is 0 Å². The zero-order valence-corrected chi connectivity index (χ0v) is 12.9. The second-order valence-corrected chi connectivity index (χ2v) is 6.30. The lowest BCUT2D eigenvalue weighted by molar-refractivity contribution is 0.133. The summed E-state index contributed by atoms with van der Waals surface area (Å²) in [5.74, 6) is 0. The molecular weight excluding hydrogens is 278 g/mol. The predicted octanol–water partition coefficient (Wildman–Crippen LogP) is 1.58. The first-order chi connectivity index (χ1) is 9.53. The molecule has 0 heterocycles. The van der Waals surface area contributed by atoms with Crippen molar-refractivity contribution in [3.05, 3.63) is 29.3 Å². The Balaban J connectivity index is 2.61. The van der Waals surface area contributed by atoms with E-state index in [1.54, 1.807) is 25.1 Å². The normalized spacial score (nSPS) is 11.8. The maximum absolute atomic E-state index is 12.2. The van der Waals surface area contributed by atoms with Crippen LogP contribution in [-0.4, -0.2) is 33.3 Å². The lowest BCUT2D eigenvalue weighted by Gasteiger charge is -2.11. The van der Waals surface area contributed by atoms with Crippen molar-refractivity contribution in [3.63, 3.8) is 0 Å². The quantitative estimate of drug-likeness (QED) is 0.679. The van der Waals surface area contributed by atoms with E-state index in [9.17, 15) is 13.5 Å². The van der Waals surface area contributed by atoms with Crippen LogP contribution in [0.15, 0.2) is 23.1 Å². The summed E-state index contributed by atoms with van der Waals surface area (Å²) in [5.41, 5.74) is 1.21. The Morgan fingerprint density at radius 1 is 1.30 bits per heavy atom. The van der Waals surface area contributed by atoms with Gasteiger partial charge in [-0.3, -0.25) is 0 Å². The highest BCUT2D eigenvalue weighted by Gasteiger charge is 2.17. The fourth-order valence-electron chi connectivity index (χ4n) is 1.83. The van der Waals surface area contributed by atoms with Crippen LogP contribution < -0.4 is 4.72 Å². The zero-order chi connectivity index (χ0) is 15.0. The molecule has 0 saturated carbocycles. The molecule has 0 bridgehead atoms. The third-order valence-corrected chi connectivity index (χ3v) is 4.57. The number of aliphatic hydroxyl groups excluding tert-OH is 1. The van der Waals surface area contributed by atoms with Crippen LogP contribution in [0.2, 0.25) is 0 Å². The molecule has 0 fully saturated rings. The van der Waals surface area contributed by atoms with E-state index in [0.29, 0.717) is 37.3 Å². The molecule has 0 spiro atoms. The van der Waals surface area contributed by atoms with Gasteiger partial charge in [-0.05, 0) is 37.0 Å². The highest BCUT2D eigenvalue weighted by molar-refractivity contribution is 7.89. The molecule has 0 aliphatic carbocycles. The lowest BCUT2D eigenvalue weighted by atomic mass is 10.1. The Hall–Kier alpha value is -0.950. The summed E-state index contributed by atoms with van der Waals surface area (Å²) >= 11 is 0. The largest absolute Gasteiger partial charge is 0.392 e. The zero-order valence-electron chi connectivity index (χ0n) is 12.1. The summed E-state index contributed by atoms with van der Waals surface area (Å²) in [6.07, 6.45) is 1.59. The van der Waals surface area contributed by atoms with Crippen LogP contribution in [0.4, 0.5) is 0 Å². The molecular formula is C14H23NO4S. The summed E-state index contributed by atoms with van der Waals surface area (Å²) in [6, 6.07) is 4.90. The summed E-state index contributed by atoms with van der Waals surface area (Å²) < 4.78 is 32.2. The lowest BCUT2D eigenvalue weighted by Crippen LogP contribution is -2.26. The third-order valence-electron chi connectivity index (χ3n) is 2.96. The molecule has 0 aliphatic heterocycles. The van der Waals surface area contributed by atoms with Crippen LogP contribution in [-0.2, 0) is 21.4 Å². The number of sulfonamides is 1. The minimum atomic E-state index is -3.53. The van der Waals surface area contributed by atoms with Gasteiger partial charge in [0.25, 0.3) is 0 Å². The summed E-state index contributed by atoms with van der Waals surface area (Å²) in [5, 5.41) is 9.17. The van der Waals surface area contributed by atoms with Gasteiger partial charge in [-0.1, -0.05) is 19.1 Å². The molecule has 1 aromatic rings. The fourth-order valence-corrected chi connectivity index (χ4v) is 3.19. The fraction of sp³-hybridized carbons (Fsp3) is 0.571. The molecule has 1 rings (SSSR count). The standard InChI is InChI=1S/C14H23NO4S/c1-3-9-19-10-5-8-15-20(17,18)14-7-4-6-13(11-16)12(14)2/h4,6-7,15-16H,3,5,8-11H2,1-2H3. The highest BCUT2D eigenvalue weighted by Crippen LogP contribution is 2.18. The molecule has 0 atom stereocenters. The Morgan fingerprint density at radius 3 is 2.70 bits per heavy atom. The molecule has 2 N–H and O–H groups in total. The molecule has 0 unspecified atom stereocenters. The van der Waals surface area contributed by atoms with Gasteiger partial charge in [0, 0.05) is 19.8 Å². The maximum atomic E-state index is 12.2. The van der Waals surface area contributed by atoms with Crippen LogP contribution in [0.1, 0.15) is 30.9 Å². The van der Waals surface area contributed by atoms with Gasteiger partial charge in [0.2, 0.25) is 10.0 Å². The average molecular weight is 301 g/mol. The van der Waals surface area contributed by atoms with Gasteiger partial charge in [-0.15, -0.1) is 0 Å². The number of aliphatic hydroxyl groups is 1. The molecule has 0 aromatic heterocycles. The minimum absolute atomic E-state index is 0.167. The van der Waals surface area contributed by atoms with Crippen molar-refractivity contribution in [2.45, 2.75) is 38.2 Å². The van der Waals surface area contributed by atoms with Crippen molar-refractivity contribution >= 4 is 10.0 Å². The number of hydrogen-bond donors (Lipinski definition) is 2. The van der Waals surface area contributed by atoms with Crippen LogP contribution >= 0.6 is 0 Å². The van der Waals surface area contributed by atoms with E-state index in [1.807, 2.05) is 6.92 Å². The Bertz CT molecular complexity index is 514. The molecule has 20 heavy (non-hydrogen) atoms. The Kier molecular flexibility index (Phi) is 7.15. The van der Waals surface area contributed by atoms with E-state index in [2.05, 4.69) is 4.72 Å². The second kappa shape index (κ2) is 8.36. The van der Waals surface area contributed by atoms with Crippen molar-refractivity contribution in [2.24, 2.45) is 0 Å². The molecule has 0 aliphatic rings. The molecule has 0 radical (unpaired) electrons. The SMILES string of the molecule is CCCOCCCNS(=O)(=O)c1cccc(CO)c1C. The van der Waals surface area contributed by atoms with E-state index in [0.717, 1.165) is 6.42 Å². The monoisotopic (exact) mass is 301 g/mol. The number of nitrogens with one attached hydrogen (secondary N) is 1. The van der Waals surface area contributed by atoms with E-state index in [1.165, 1.54) is 0 Å². The van der Waals surface area contributed by atoms with Gasteiger partial charge in [-0.25, -0.2) is 13.1 Å². The second-order valence-electron chi connectivity index (χ2n) is 4.56. The van der Waals surface area contributed by atoms with Crippen molar-refractivity contribution in [1.82, 2.24) is 4.72 Å². The number of hydrogen-bond acceptors (Lipinski definition) is 4. The van der Waals surface area contributed by atoms with Crippen molar-refractivity contribution < 1.29 is 18.3 Å². The maximum Gasteiger partial charge on any atom is 0.240 e. The smallest absolute Gasteiger partial charge is 0.240 e. The third kappa shape index (κ3) is 4.86. The van der Waals surface area contributed by atoms with E-state index in [4.69, 9.17) is 4.74 Å². The van der Waals surface area contributed by atoms with Crippen molar-refractivity contribution in [2.75, 3.05) is 19.8 Å². The minimum Gasteiger partial charge on any atom is -0.392 e. The number of rotatable bonds is 9. The average Bonchev–Trinajstić information content (AvgIpc) is 2.42. The molecule has 0 amide bonds.